The highest BCUT2D eigenvalue weighted by Crippen LogP contribution is 2.07. The highest BCUT2D eigenvalue weighted by Gasteiger charge is 2.21. The van der Waals surface area contributed by atoms with Gasteiger partial charge >= 0.3 is 17.9 Å². The molecule has 2 atom stereocenters. The third-order valence-electron chi connectivity index (χ3n) is 2.15. The zero-order chi connectivity index (χ0) is 14.1. The standard InChI is InChI=1S/C12H18O6/c1-4-9(13)7-17-11(15)6-8(3)12(16)18-10(14)5-2/h5,8-9,13H,2,4,6-7H2,1,3H3. The van der Waals surface area contributed by atoms with E-state index in [-0.39, 0.29) is 13.0 Å². The Kier molecular flexibility index (Phi) is 7.62. The Bertz CT molecular complexity index is 323. The molecule has 0 aromatic heterocycles. The molecule has 0 bridgehead atoms. The van der Waals surface area contributed by atoms with Crippen LogP contribution < -0.4 is 0 Å². The Labute approximate surface area is 106 Å². The van der Waals surface area contributed by atoms with Crippen LogP contribution in [0.4, 0.5) is 0 Å². The van der Waals surface area contributed by atoms with Crippen molar-refractivity contribution in [3.05, 3.63) is 12.7 Å². The lowest BCUT2D eigenvalue weighted by molar-refractivity contribution is -0.162. The molecule has 0 radical (unpaired) electrons. The van der Waals surface area contributed by atoms with Crippen molar-refractivity contribution in [2.24, 2.45) is 5.92 Å². The molecule has 18 heavy (non-hydrogen) atoms. The molecular weight excluding hydrogens is 240 g/mol. The average Bonchev–Trinajstić information content (AvgIpc) is 2.35. The largest absolute Gasteiger partial charge is 0.463 e. The molecule has 6 heteroatoms. The van der Waals surface area contributed by atoms with E-state index in [2.05, 4.69) is 11.3 Å². The normalized spacial score (nSPS) is 13.3. The molecule has 2 unspecified atom stereocenters. The number of aliphatic hydroxyl groups is 1. The molecule has 0 heterocycles. The quantitative estimate of drug-likeness (QED) is 0.408. The molecule has 0 aliphatic carbocycles. The molecule has 0 aromatic rings. The van der Waals surface area contributed by atoms with Gasteiger partial charge in [-0.15, -0.1) is 0 Å². The monoisotopic (exact) mass is 258 g/mol. The van der Waals surface area contributed by atoms with Gasteiger partial charge in [-0.05, 0) is 6.42 Å². The van der Waals surface area contributed by atoms with E-state index in [0.717, 1.165) is 6.08 Å². The van der Waals surface area contributed by atoms with Crippen LogP contribution >= 0.6 is 0 Å². The molecule has 0 rings (SSSR count). The Hall–Kier alpha value is -1.69. The summed E-state index contributed by atoms with van der Waals surface area (Å²) < 4.78 is 9.10. The maximum Gasteiger partial charge on any atom is 0.337 e. The predicted octanol–water partition coefficient (Wildman–Crippen LogP) is 0.582. The Morgan fingerprint density at radius 1 is 1.39 bits per heavy atom. The summed E-state index contributed by atoms with van der Waals surface area (Å²) in [5.41, 5.74) is 0. The molecule has 0 fully saturated rings. The second-order valence-electron chi connectivity index (χ2n) is 3.79. The zero-order valence-electron chi connectivity index (χ0n) is 10.5. The van der Waals surface area contributed by atoms with Gasteiger partial charge in [0.05, 0.1) is 18.4 Å². The first-order valence-corrected chi connectivity index (χ1v) is 5.62. The fourth-order valence-electron chi connectivity index (χ4n) is 0.941. The summed E-state index contributed by atoms with van der Waals surface area (Å²) in [5, 5.41) is 9.18. The van der Waals surface area contributed by atoms with E-state index in [1.54, 1.807) is 6.92 Å². The molecule has 0 saturated carbocycles. The van der Waals surface area contributed by atoms with Gasteiger partial charge in [0.15, 0.2) is 0 Å². The summed E-state index contributed by atoms with van der Waals surface area (Å²) in [6.07, 6.45) is 0.414. The lowest BCUT2D eigenvalue weighted by Gasteiger charge is -2.11. The van der Waals surface area contributed by atoms with Crippen molar-refractivity contribution in [1.82, 2.24) is 0 Å². The van der Waals surface area contributed by atoms with Crippen molar-refractivity contribution in [3.8, 4) is 0 Å². The Morgan fingerprint density at radius 3 is 2.50 bits per heavy atom. The van der Waals surface area contributed by atoms with Crippen LogP contribution in [0.25, 0.3) is 0 Å². The predicted molar refractivity (Wildman–Crippen MR) is 62.3 cm³/mol. The third-order valence-corrected chi connectivity index (χ3v) is 2.15. The Morgan fingerprint density at radius 2 is 2.00 bits per heavy atom. The molecule has 0 amide bonds. The molecule has 0 aromatic carbocycles. The minimum Gasteiger partial charge on any atom is -0.463 e. The lowest BCUT2D eigenvalue weighted by atomic mass is 10.1. The van der Waals surface area contributed by atoms with Gasteiger partial charge in [0, 0.05) is 6.08 Å². The second kappa shape index (κ2) is 8.41. The van der Waals surface area contributed by atoms with Crippen molar-refractivity contribution >= 4 is 17.9 Å². The summed E-state index contributed by atoms with van der Waals surface area (Å²) in [6.45, 7) is 6.23. The van der Waals surface area contributed by atoms with Crippen molar-refractivity contribution < 1.29 is 29.0 Å². The number of carbonyl (C=O) groups is 3. The van der Waals surface area contributed by atoms with Crippen molar-refractivity contribution in [1.29, 1.82) is 0 Å². The van der Waals surface area contributed by atoms with Gasteiger partial charge in [0.25, 0.3) is 0 Å². The number of ether oxygens (including phenoxy) is 2. The first kappa shape index (κ1) is 16.3. The van der Waals surface area contributed by atoms with Crippen molar-refractivity contribution in [2.75, 3.05) is 6.61 Å². The number of rotatable bonds is 7. The summed E-state index contributed by atoms with van der Waals surface area (Å²) in [6, 6.07) is 0. The fraction of sp³-hybridized carbons (Fsp3) is 0.583. The van der Waals surface area contributed by atoms with Crippen molar-refractivity contribution in [2.45, 2.75) is 32.8 Å². The maximum atomic E-state index is 11.3. The van der Waals surface area contributed by atoms with E-state index < -0.39 is 29.9 Å². The highest BCUT2D eigenvalue weighted by atomic mass is 16.6. The van der Waals surface area contributed by atoms with Crippen LogP contribution in [0.3, 0.4) is 0 Å². The van der Waals surface area contributed by atoms with Gasteiger partial charge in [0.2, 0.25) is 0 Å². The van der Waals surface area contributed by atoms with Crippen LogP contribution in [0.2, 0.25) is 0 Å². The third kappa shape index (κ3) is 6.80. The van der Waals surface area contributed by atoms with Gasteiger partial charge in [-0.3, -0.25) is 9.59 Å². The number of hydrogen-bond donors (Lipinski definition) is 1. The van der Waals surface area contributed by atoms with Crippen LogP contribution in [0.15, 0.2) is 12.7 Å². The molecule has 1 N–H and O–H groups in total. The Balaban J connectivity index is 4.03. The number of esters is 3. The molecule has 0 aliphatic rings. The van der Waals surface area contributed by atoms with E-state index in [9.17, 15) is 19.5 Å². The maximum absolute atomic E-state index is 11.3. The van der Waals surface area contributed by atoms with E-state index >= 15 is 0 Å². The van der Waals surface area contributed by atoms with E-state index in [4.69, 9.17) is 4.74 Å². The van der Waals surface area contributed by atoms with Gasteiger partial charge in [0.1, 0.15) is 6.61 Å². The lowest BCUT2D eigenvalue weighted by Crippen LogP contribution is -2.23. The average molecular weight is 258 g/mol. The minimum absolute atomic E-state index is 0.108. The minimum atomic E-state index is -0.860. The van der Waals surface area contributed by atoms with Gasteiger partial charge < -0.3 is 14.6 Å². The van der Waals surface area contributed by atoms with Crippen LogP contribution in [-0.2, 0) is 23.9 Å². The molecule has 0 spiro atoms. The summed E-state index contributed by atoms with van der Waals surface area (Å²) in [5.74, 6) is -3.09. The van der Waals surface area contributed by atoms with E-state index in [1.807, 2.05) is 0 Å². The SMILES string of the molecule is C=CC(=O)OC(=O)C(C)CC(=O)OCC(O)CC. The summed E-state index contributed by atoms with van der Waals surface area (Å²) in [7, 11) is 0. The highest BCUT2D eigenvalue weighted by molar-refractivity contribution is 5.93. The molecule has 6 nitrogen and oxygen atoms in total. The van der Waals surface area contributed by atoms with Gasteiger partial charge in [-0.2, -0.15) is 0 Å². The van der Waals surface area contributed by atoms with E-state index in [0.29, 0.717) is 6.42 Å². The fourth-order valence-corrected chi connectivity index (χ4v) is 0.941. The zero-order valence-corrected chi connectivity index (χ0v) is 10.5. The number of carbonyl (C=O) groups excluding carboxylic acids is 3. The molecular formula is C12H18O6. The van der Waals surface area contributed by atoms with Crippen LogP contribution in [0.5, 0.6) is 0 Å². The molecule has 0 aliphatic heterocycles. The second-order valence-corrected chi connectivity index (χ2v) is 3.79. The smallest absolute Gasteiger partial charge is 0.337 e. The van der Waals surface area contributed by atoms with Gasteiger partial charge in [-0.25, -0.2) is 4.79 Å². The number of hydrogen-bond acceptors (Lipinski definition) is 6. The summed E-state index contributed by atoms with van der Waals surface area (Å²) in [4.78, 5) is 33.3. The summed E-state index contributed by atoms with van der Waals surface area (Å²) >= 11 is 0. The van der Waals surface area contributed by atoms with E-state index in [1.165, 1.54) is 6.92 Å². The molecule has 102 valence electrons. The van der Waals surface area contributed by atoms with Crippen molar-refractivity contribution in [3.63, 3.8) is 0 Å². The van der Waals surface area contributed by atoms with Gasteiger partial charge in [-0.1, -0.05) is 20.4 Å². The van der Waals surface area contributed by atoms with Crippen LogP contribution in [0, 0.1) is 5.92 Å². The van der Waals surface area contributed by atoms with Crippen LogP contribution in [0.1, 0.15) is 26.7 Å². The molecule has 0 saturated heterocycles. The van der Waals surface area contributed by atoms with Crippen LogP contribution in [-0.4, -0.2) is 35.7 Å². The first-order chi connectivity index (χ1) is 8.40. The number of aliphatic hydroxyl groups excluding tert-OH is 1. The first-order valence-electron chi connectivity index (χ1n) is 5.62. The topological polar surface area (TPSA) is 89.9 Å².